The number of ether oxygens (including phenoxy) is 1. The SMILES string of the molecule is CC(NCCOCCN(C)C)c1ccc(F)c(Br)c1. The molecule has 0 spiro atoms. The smallest absolute Gasteiger partial charge is 0.137 e. The fourth-order valence-electron chi connectivity index (χ4n) is 1.60. The van der Waals surface area contributed by atoms with Crippen molar-refractivity contribution < 1.29 is 9.13 Å². The van der Waals surface area contributed by atoms with Crippen LogP contribution in [0.1, 0.15) is 18.5 Å². The van der Waals surface area contributed by atoms with Crippen LogP contribution in [0.3, 0.4) is 0 Å². The van der Waals surface area contributed by atoms with Gasteiger partial charge >= 0.3 is 0 Å². The molecule has 0 bridgehead atoms. The van der Waals surface area contributed by atoms with Crippen molar-refractivity contribution in [3.8, 4) is 0 Å². The van der Waals surface area contributed by atoms with E-state index in [1.165, 1.54) is 6.07 Å². The third kappa shape index (κ3) is 6.47. The van der Waals surface area contributed by atoms with Gasteiger partial charge in [-0.25, -0.2) is 4.39 Å². The second-order valence-corrected chi connectivity index (χ2v) is 5.62. The summed E-state index contributed by atoms with van der Waals surface area (Å²) in [6.45, 7) is 5.19. The number of hydrogen-bond donors (Lipinski definition) is 1. The molecule has 1 N–H and O–H groups in total. The normalized spacial score (nSPS) is 12.9. The maximum Gasteiger partial charge on any atom is 0.137 e. The van der Waals surface area contributed by atoms with Gasteiger partial charge in [0.2, 0.25) is 0 Å². The zero-order valence-electron chi connectivity index (χ0n) is 11.7. The van der Waals surface area contributed by atoms with E-state index in [0.29, 0.717) is 11.1 Å². The van der Waals surface area contributed by atoms with E-state index in [-0.39, 0.29) is 11.9 Å². The summed E-state index contributed by atoms with van der Waals surface area (Å²) in [7, 11) is 4.05. The van der Waals surface area contributed by atoms with Gasteiger partial charge in [0.1, 0.15) is 5.82 Å². The van der Waals surface area contributed by atoms with Crippen molar-refractivity contribution in [1.29, 1.82) is 0 Å². The van der Waals surface area contributed by atoms with Crippen LogP contribution in [-0.2, 0) is 4.74 Å². The number of nitrogens with zero attached hydrogens (tertiary/aromatic N) is 1. The Morgan fingerprint density at radius 3 is 2.74 bits per heavy atom. The van der Waals surface area contributed by atoms with Crippen LogP contribution < -0.4 is 5.32 Å². The highest BCUT2D eigenvalue weighted by molar-refractivity contribution is 9.10. The average molecular weight is 333 g/mol. The van der Waals surface area contributed by atoms with E-state index in [9.17, 15) is 4.39 Å². The Morgan fingerprint density at radius 1 is 1.37 bits per heavy atom. The molecule has 0 heterocycles. The first-order valence-corrected chi connectivity index (χ1v) is 7.21. The Hall–Kier alpha value is -0.490. The molecule has 1 aromatic carbocycles. The van der Waals surface area contributed by atoms with Crippen LogP contribution in [0.15, 0.2) is 22.7 Å². The number of likely N-dealkylation sites (N-methyl/N-ethyl adjacent to an activating group) is 1. The van der Waals surface area contributed by atoms with Crippen molar-refractivity contribution in [3.63, 3.8) is 0 Å². The van der Waals surface area contributed by atoms with Crippen LogP contribution in [0.25, 0.3) is 0 Å². The molecule has 0 fully saturated rings. The molecule has 0 aliphatic heterocycles. The van der Waals surface area contributed by atoms with Gasteiger partial charge in [0.05, 0.1) is 17.7 Å². The van der Waals surface area contributed by atoms with E-state index in [1.54, 1.807) is 12.1 Å². The third-order valence-electron chi connectivity index (χ3n) is 2.82. The number of hydrogen-bond acceptors (Lipinski definition) is 3. The molecule has 0 amide bonds. The molecule has 0 saturated heterocycles. The molecule has 0 aliphatic rings. The van der Waals surface area contributed by atoms with Crippen molar-refractivity contribution in [3.05, 3.63) is 34.1 Å². The van der Waals surface area contributed by atoms with E-state index < -0.39 is 0 Å². The van der Waals surface area contributed by atoms with Gasteiger partial charge in [-0.2, -0.15) is 0 Å². The minimum atomic E-state index is -0.233. The molecule has 19 heavy (non-hydrogen) atoms. The fraction of sp³-hybridized carbons (Fsp3) is 0.571. The van der Waals surface area contributed by atoms with Gasteiger partial charge in [-0.05, 0) is 54.6 Å². The Kier molecular flexibility index (Phi) is 7.53. The highest BCUT2D eigenvalue weighted by Gasteiger charge is 2.07. The van der Waals surface area contributed by atoms with Crippen LogP contribution in [0.5, 0.6) is 0 Å². The van der Waals surface area contributed by atoms with Gasteiger partial charge in [-0.15, -0.1) is 0 Å². The highest BCUT2D eigenvalue weighted by Crippen LogP contribution is 2.20. The van der Waals surface area contributed by atoms with Crippen molar-refractivity contribution in [2.75, 3.05) is 40.4 Å². The number of benzene rings is 1. The Balaban J connectivity index is 2.23. The maximum absolute atomic E-state index is 13.1. The summed E-state index contributed by atoms with van der Waals surface area (Å²) in [5.74, 6) is -0.233. The quantitative estimate of drug-likeness (QED) is 0.741. The fourth-order valence-corrected chi connectivity index (χ4v) is 1.99. The zero-order chi connectivity index (χ0) is 14.3. The molecular formula is C14H22BrFN2O. The van der Waals surface area contributed by atoms with Gasteiger partial charge in [0.25, 0.3) is 0 Å². The van der Waals surface area contributed by atoms with Gasteiger partial charge in [0, 0.05) is 19.1 Å². The third-order valence-corrected chi connectivity index (χ3v) is 3.43. The lowest BCUT2D eigenvalue weighted by molar-refractivity contribution is 0.118. The first kappa shape index (κ1) is 16.6. The lowest BCUT2D eigenvalue weighted by Gasteiger charge is -2.15. The molecule has 1 rings (SSSR count). The lowest BCUT2D eigenvalue weighted by Crippen LogP contribution is -2.25. The van der Waals surface area contributed by atoms with Crippen LogP contribution >= 0.6 is 15.9 Å². The second-order valence-electron chi connectivity index (χ2n) is 4.77. The van der Waals surface area contributed by atoms with E-state index in [0.717, 1.165) is 25.3 Å². The first-order chi connectivity index (χ1) is 9.00. The Bertz CT molecular complexity index is 388. The first-order valence-electron chi connectivity index (χ1n) is 6.41. The van der Waals surface area contributed by atoms with Crippen molar-refractivity contribution in [2.24, 2.45) is 0 Å². The summed E-state index contributed by atoms with van der Waals surface area (Å²) in [5, 5.41) is 3.35. The van der Waals surface area contributed by atoms with Crippen LogP contribution in [0.2, 0.25) is 0 Å². The lowest BCUT2D eigenvalue weighted by atomic mass is 10.1. The molecule has 1 unspecified atom stereocenters. The summed E-state index contributed by atoms with van der Waals surface area (Å²) in [4.78, 5) is 2.09. The van der Waals surface area contributed by atoms with Crippen LogP contribution in [-0.4, -0.2) is 45.3 Å². The summed E-state index contributed by atoms with van der Waals surface area (Å²) in [5.41, 5.74) is 1.06. The van der Waals surface area contributed by atoms with E-state index >= 15 is 0 Å². The average Bonchev–Trinajstić information content (AvgIpc) is 2.36. The minimum absolute atomic E-state index is 0.175. The standard InChI is InChI=1S/C14H22BrFN2O/c1-11(12-4-5-14(16)13(15)10-12)17-6-8-19-9-7-18(2)3/h4-5,10-11,17H,6-9H2,1-3H3. The molecular weight excluding hydrogens is 311 g/mol. The van der Waals surface area contributed by atoms with Gasteiger partial charge in [-0.3, -0.25) is 0 Å². The van der Waals surface area contributed by atoms with Crippen molar-refractivity contribution in [1.82, 2.24) is 10.2 Å². The summed E-state index contributed by atoms with van der Waals surface area (Å²) in [6, 6.07) is 5.25. The molecule has 0 radical (unpaired) electrons. The molecule has 108 valence electrons. The number of rotatable bonds is 8. The molecule has 5 heteroatoms. The second kappa shape index (κ2) is 8.64. The van der Waals surface area contributed by atoms with E-state index in [4.69, 9.17) is 4.74 Å². The van der Waals surface area contributed by atoms with Crippen LogP contribution in [0, 0.1) is 5.82 Å². The van der Waals surface area contributed by atoms with Gasteiger partial charge < -0.3 is 15.0 Å². The van der Waals surface area contributed by atoms with Crippen molar-refractivity contribution in [2.45, 2.75) is 13.0 Å². The summed E-state index contributed by atoms with van der Waals surface area (Å²) < 4.78 is 19.1. The topological polar surface area (TPSA) is 24.5 Å². The highest BCUT2D eigenvalue weighted by atomic mass is 79.9. The van der Waals surface area contributed by atoms with Gasteiger partial charge in [-0.1, -0.05) is 6.07 Å². The molecule has 1 atom stereocenters. The molecule has 0 aromatic heterocycles. The Labute approximate surface area is 123 Å². The van der Waals surface area contributed by atoms with Gasteiger partial charge in [0.15, 0.2) is 0 Å². The summed E-state index contributed by atoms with van der Waals surface area (Å²) in [6.07, 6.45) is 0. The number of nitrogens with one attached hydrogen (secondary N) is 1. The van der Waals surface area contributed by atoms with Crippen molar-refractivity contribution >= 4 is 15.9 Å². The minimum Gasteiger partial charge on any atom is -0.379 e. The maximum atomic E-state index is 13.1. The van der Waals surface area contributed by atoms with E-state index in [1.807, 2.05) is 14.1 Å². The number of halogens is 2. The molecule has 3 nitrogen and oxygen atoms in total. The monoisotopic (exact) mass is 332 g/mol. The zero-order valence-corrected chi connectivity index (χ0v) is 13.3. The predicted octanol–water partition coefficient (Wildman–Crippen LogP) is 2.82. The molecule has 0 aliphatic carbocycles. The van der Waals surface area contributed by atoms with Crippen LogP contribution in [0.4, 0.5) is 4.39 Å². The van der Waals surface area contributed by atoms with E-state index in [2.05, 4.69) is 33.1 Å². The summed E-state index contributed by atoms with van der Waals surface area (Å²) >= 11 is 3.20. The predicted molar refractivity (Wildman–Crippen MR) is 79.9 cm³/mol. The molecule has 1 aromatic rings. The largest absolute Gasteiger partial charge is 0.379 e. The Morgan fingerprint density at radius 2 is 2.11 bits per heavy atom. The molecule has 0 saturated carbocycles.